The maximum atomic E-state index is 12.7. The third-order valence-corrected chi connectivity index (χ3v) is 7.24. The van der Waals surface area contributed by atoms with E-state index in [1.165, 1.54) is 22.2 Å². The molecular weight excluding hydrogens is 390 g/mol. The molecule has 0 spiro atoms. The number of thiophene rings is 1. The second-order valence-electron chi connectivity index (χ2n) is 7.37. The van der Waals surface area contributed by atoms with Crippen molar-refractivity contribution in [2.75, 3.05) is 0 Å². The van der Waals surface area contributed by atoms with E-state index < -0.39 is 0 Å². The minimum Gasteiger partial charge on any atom is -0.351 e. The summed E-state index contributed by atoms with van der Waals surface area (Å²) in [7, 11) is 0. The molecule has 4 rings (SSSR count). The van der Waals surface area contributed by atoms with Crippen molar-refractivity contribution in [1.82, 2.24) is 15.3 Å². The number of aromatic amines is 1. The van der Waals surface area contributed by atoms with Gasteiger partial charge in [-0.1, -0.05) is 49.0 Å². The Morgan fingerprint density at radius 2 is 2.18 bits per heavy atom. The van der Waals surface area contributed by atoms with Gasteiger partial charge < -0.3 is 10.3 Å². The quantitative estimate of drug-likeness (QED) is 0.491. The van der Waals surface area contributed by atoms with Crippen LogP contribution in [0.2, 0.25) is 0 Å². The number of aryl methyl sites for hydroxylation is 1. The second kappa shape index (κ2) is 8.09. The number of carbonyl (C=O) groups excluding carboxylic acids is 1. The van der Waals surface area contributed by atoms with E-state index in [-0.39, 0.29) is 16.7 Å². The van der Waals surface area contributed by atoms with Crippen LogP contribution in [0.4, 0.5) is 0 Å². The summed E-state index contributed by atoms with van der Waals surface area (Å²) in [5.74, 6) is 0.581. The molecule has 2 atom stereocenters. The number of amides is 1. The fourth-order valence-corrected chi connectivity index (χ4v) is 5.80. The molecule has 2 aromatic heterocycles. The van der Waals surface area contributed by atoms with E-state index in [1.807, 2.05) is 37.3 Å². The van der Waals surface area contributed by atoms with Gasteiger partial charge in [0.15, 0.2) is 5.16 Å². The van der Waals surface area contributed by atoms with Gasteiger partial charge in [0.05, 0.1) is 10.6 Å². The minimum atomic E-state index is -0.348. The predicted octanol–water partition coefficient (Wildman–Crippen LogP) is 3.91. The Hall–Kier alpha value is -2.12. The molecule has 28 heavy (non-hydrogen) atoms. The van der Waals surface area contributed by atoms with Crippen LogP contribution in [0.1, 0.15) is 36.3 Å². The van der Waals surface area contributed by atoms with Gasteiger partial charge in [-0.15, -0.1) is 11.3 Å². The second-order valence-corrected chi connectivity index (χ2v) is 9.78. The van der Waals surface area contributed by atoms with Gasteiger partial charge >= 0.3 is 0 Å². The summed E-state index contributed by atoms with van der Waals surface area (Å²) in [5.41, 5.74) is 2.15. The highest BCUT2D eigenvalue weighted by atomic mass is 32.2. The lowest BCUT2D eigenvalue weighted by atomic mass is 9.89. The number of nitrogens with zero attached hydrogens (tertiary/aromatic N) is 1. The van der Waals surface area contributed by atoms with Crippen LogP contribution in [0, 0.1) is 5.92 Å². The van der Waals surface area contributed by atoms with Crippen LogP contribution < -0.4 is 10.9 Å². The highest BCUT2D eigenvalue weighted by Gasteiger charge is 2.24. The number of carbonyl (C=O) groups is 1. The van der Waals surface area contributed by atoms with Gasteiger partial charge in [-0.3, -0.25) is 9.59 Å². The Kier molecular flexibility index (Phi) is 5.55. The largest absolute Gasteiger partial charge is 0.351 e. The SMILES string of the molecule is C[C@@H]1CCc2c(sc3nc(S[C@H](C)C(=O)NCc4ccccc4)[nH]c(=O)c23)C1. The summed E-state index contributed by atoms with van der Waals surface area (Å²) in [4.78, 5) is 34.7. The van der Waals surface area contributed by atoms with E-state index in [0.29, 0.717) is 17.6 Å². The molecule has 1 amide bonds. The number of hydrogen-bond donors (Lipinski definition) is 2. The highest BCUT2D eigenvalue weighted by Crippen LogP contribution is 2.36. The Labute approximate surface area is 172 Å². The van der Waals surface area contributed by atoms with Gasteiger partial charge in [0.1, 0.15) is 4.83 Å². The lowest BCUT2D eigenvalue weighted by Crippen LogP contribution is -2.30. The smallest absolute Gasteiger partial charge is 0.260 e. The number of H-pyrrole nitrogens is 1. The topological polar surface area (TPSA) is 74.8 Å². The highest BCUT2D eigenvalue weighted by molar-refractivity contribution is 8.00. The fourth-order valence-electron chi connectivity index (χ4n) is 3.53. The summed E-state index contributed by atoms with van der Waals surface area (Å²) in [6, 6.07) is 9.80. The number of hydrogen-bond acceptors (Lipinski definition) is 5. The third kappa shape index (κ3) is 4.00. The first-order valence-corrected chi connectivity index (χ1v) is 11.2. The Bertz CT molecular complexity index is 1060. The summed E-state index contributed by atoms with van der Waals surface area (Å²) < 4.78 is 0. The lowest BCUT2D eigenvalue weighted by molar-refractivity contribution is -0.120. The Morgan fingerprint density at radius 3 is 2.96 bits per heavy atom. The van der Waals surface area contributed by atoms with Crippen LogP contribution in [0.3, 0.4) is 0 Å². The third-order valence-electron chi connectivity index (χ3n) is 5.11. The molecule has 0 fully saturated rings. The zero-order valence-electron chi connectivity index (χ0n) is 16.0. The molecule has 1 aliphatic carbocycles. The summed E-state index contributed by atoms with van der Waals surface area (Å²) >= 11 is 2.92. The maximum absolute atomic E-state index is 12.7. The lowest BCUT2D eigenvalue weighted by Gasteiger charge is -2.17. The van der Waals surface area contributed by atoms with Crippen molar-refractivity contribution in [3.63, 3.8) is 0 Å². The zero-order chi connectivity index (χ0) is 19.7. The molecule has 2 heterocycles. The van der Waals surface area contributed by atoms with Crippen LogP contribution in [-0.2, 0) is 24.2 Å². The van der Waals surface area contributed by atoms with Gasteiger partial charge in [-0.25, -0.2) is 4.98 Å². The number of thioether (sulfide) groups is 1. The van der Waals surface area contributed by atoms with Crippen LogP contribution in [0.25, 0.3) is 10.2 Å². The molecular formula is C21H23N3O2S2. The summed E-state index contributed by atoms with van der Waals surface area (Å²) in [6.07, 6.45) is 3.09. The van der Waals surface area contributed by atoms with Gasteiger partial charge in [-0.2, -0.15) is 0 Å². The summed E-state index contributed by atoms with van der Waals surface area (Å²) in [6.45, 7) is 4.57. The average molecular weight is 414 g/mol. The monoisotopic (exact) mass is 413 g/mol. The van der Waals surface area contributed by atoms with E-state index in [9.17, 15) is 9.59 Å². The van der Waals surface area contributed by atoms with Crippen LogP contribution in [-0.4, -0.2) is 21.1 Å². The molecule has 1 aliphatic rings. The molecule has 1 aromatic carbocycles. The first-order valence-electron chi connectivity index (χ1n) is 9.54. The van der Waals surface area contributed by atoms with Crippen molar-refractivity contribution < 1.29 is 4.79 Å². The zero-order valence-corrected chi connectivity index (χ0v) is 17.6. The number of aromatic nitrogens is 2. The molecule has 0 saturated carbocycles. The van der Waals surface area contributed by atoms with E-state index in [0.717, 1.165) is 35.0 Å². The number of nitrogens with one attached hydrogen (secondary N) is 2. The van der Waals surface area contributed by atoms with Gasteiger partial charge in [0.2, 0.25) is 5.91 Å². The predicted molar refractivity (Wildman–Crippen MR) is 115 cm³/mol. The molecule has 0 unspecified atom stereocenters. The number of benzene rings is 1. The van der Waals surface area contributed by atoms with Gasteiger partial charge in [0, 0.05) is 11.4 Å². The van der Waals surface area contributed by atoms with Crippen molar-refractivity contribution in [1.29, 1.82) is 0 Å². The molecule has 0 saturated heterocycles. The fraction of sp³-hybridized carbons (Fsp3) is 0.381. The molecule has 146 valence electrons. The van der Waals surface area contributed by atoms with Gasteiger partial charge in [0.25, 0.3) is 5.56 Å². The van der Waals surface area contributed by atoms with Crippen LogP contribution in [0.5, 0.6) is 0 Å². The molecule has 2 N–H and O–H groups in total. The summed E-state index contributed by atoms with van der Waals surface area (Å²) in [5, 5.41) is 3.84. The molecule has 0 bridgehead atoms. The standard InChI is InChI=1S/C21H23N3O2S2/c1-12-8-9-15-16(10-12)28-20-17(15)19(26)23-21(24-20)27-13(2)18(25)22-11-14-6-4-3-5-7-14/h3-7,12-13H,8-11H2,1-2H3,(H,22,25)(H,23,24,26)/t12-,13-/m1/s1. The van der Waals surface area contributed by atoms with Crippen molar-refractivity contribution in [3.05, 3.63) is 56.7 Å². The van der Waals surface area contributed by atoms with Crippen LogP contribution in [0.15, 0.2) is 40.3 Å². The van der Waals surface area contributed by atoms with Crippen molar-refractivity contribution in [2.45, 2.75) is 50.1 Å². The van der Waals surface area contributed by atoms with E-state index in [2.05, 4.69) is 22.2 Å². The first kappa shape index (κ1) is 19.2. The van der Waals surface area contributed by atoms with Gasteiger partial charge in [-0.05, 0) is 43.2 Å². The first-order chi connectivity index (χ1) is 13.5. The molecule has 5 nitrogen and oxygen atoms in total. The molecule has 0 radical (unpaired) electrons. The number of rotatable bonds is 5. The van der Waals surface area contributed by atoms with E-state index in [4.69, 9.17) is 0 Å². The molecule has 7 heteroatoms. The minimum absolute atomic E-state index is 0.0732. The van der Waals surface area contributed by atoms with E-state index in [1.54, 1.807) is 11.3 Å². The average Bonchev–Trinajstić information content (AvgIpc) is 3.04. The van der Waals surface area contributed by atoms with Crippen molar-refractivity contribution in [3.8, 4) is 0 Å². The molecule has 0 aliphatic heterocycles. The number of fused-ring (bicyclic) bond motifs is 3. The Morgan fingerprint density at radius 1 is 1.39 bits per heavy atom. The van der Waals surface area contributed by atoms with E-state index >= 15 is 0 Å². The molecule has 3 aromatic rings. The Balaban J connectivity index is 1.48. The normalized spacial score (nSPS) is 17.3. The maximum Gasteiger partial charge on any atom is 0.260 e. The van der Waals surface area contributed by atoms with Crippen molar-refractivity contribution in [2.24, 2.45) is 5.92 Å². The van der Waals surface area contributed by atoms with Crippen molar-refractivity contribution >= 4 is 39.2 Å². The van der Waals surface area contributed by atoms with Crippen LogP contribution >= 0.6 is 23.1 Å².